The Hall–Kier alpha value is -1.24. The number of aromatic nitrogens is 2. The number of nitro groups is 1. The van der Waals surface area contributed by atoms with Gasteiger partial charge in [0.1, 0.15) is 5.69 Å². The molecule has 2 heterocycles. The smallest absolute Gasteiger partial charge is 0.334 e. The summed E-state index contributed by atoms with van der Waals surface area (Å²) in [4.78, 5) is 13.1. The Bertz CT molecular complexity index is 438. The van der Waals surface area contributed by atoms with Gasteiger partial charge in [-0.2, -0.15) is 16.9 Å². The first kappa shape index (κ1) is 13.2. The van der Waals surface area contributed by atoms with Crippen molar-refractivity contribution in [1.82, 2.24) is 9.78 Å². The molecule has 0 atom stereocenters. The monoisotopic (exact) mass is 270 g/mol. The van der Waals surface area contributed by atoms with E-state index in [2.05, 4.69) is 10.00 Å². The molecule has 0 amide bonds. The van der Waals surface area contributed by atoms with Crippen LogP contribution in [0.1, 0.15) is 19.0 Å². The fraction of sp³-hybridized carbons (Fsp3) is 0.727. The number of hydrogen-bond donors (Lipinski definition) is 0. The maximum absolute atomic E-state index is 11.3. The van der Waals surface area contributed by atoms with Gasteiger partial charge in [-0.05, 0) is 18.6 Å². The third-order valence-corrected chi connectivity index (χ3v) is 4.15. The zero-order valence-electron chi connectivity index (χ0n) is 10.8. The van der Waals surface area contributed by atoms with Crippen molar-refractivity contribution < 1.29 is 4.92 Å². The number of hydrogen-bond acceptors (Lipinski definition) is 5. The van der Waals surface area contributed by atoms with Crippen LogP contribution in [-0.4, -0.2) is 39.3 Å². The molecule has 7 heteroatoms. The molecule has 0 radical (unpaired) electrons. The lowest BCUT2D eigenvalue weighted by Gasteiger charge is -2.20. The van der Waals surface area contributed by atoms with E-state index in [1.807, 2.05) is 18.7 Å². The average Bonchev–Trinajstić information content (AvgIpc) is 2.53. The summed E-state index contributed by atoms with van der Waals surface area (Å²) in [5.41, 5.74) is 0.765. The van der Waals surface area contributed by atoms with Crippen LogP contribution >= 0.6 is 11.8 Å². The maximum Gasteiger partial charge on any atom is 0.334 e. The molecule has 0 saturated carbocycles. The molecular formula is C11H18N4O2S. The summed E-state index contributed by atoms with van der Waals surface area (Å²) in [6, 6.07) is 0. The third kappa shape index (κ3) is 2.45. The fourth-order valence-corrected chi connectivity index (χ4v) is 3.18. The minimum Gasteiger partial charge on any atom is -0.350 e. The zero-order chi connectivity index (χ0) is 13.1. The topological polar surface area (TPSA) is 64.2 Å². The van der Waals surface area contributed by atoms with E-state index in [-0.39, 0.29) is 10.6 Å². The minimum atomic E-state index is -0.292. The van der Waals surface area contributed by atoms with E-state index >= 15 is 0 Å². The molecule has 0 aromatic carbocycles. The molecule has 1 aromatic heterocycles. The number of aryl methyl sites for hydroxylation is 2. The lowest BCUT2D eigenvalue weighted by molar-refractivity contribution is -0.384. The van der Waals surface area contributed by atoms with Gasteiger partial charge in [-0.25, -0.2) is 4.68 Å². The second-order valence-corrected chi connectivity index (χ2v) is 5.53. The van der Waals surface area contributed by atoms with Gasteiger partial charge in [-0.3, -0.25) is 10.1 Å². The molecule has 2 rings (SSSR count). The Kier molecular flexibility index (Phi) is 4.11. The molecule has 0 N–H and O–H groups in total. The van der Waals surface area contributed by atoms with Crippen LogP contribution in [0.2, 0.25) is 0 Å². The van der Waals surface area contributed by atoms with Gasteiger partial charge in [0.2, 0.25) is 5.82 Å². The van der Waals surface area contributed by atoms with E-state index in [9.17, 15) is 10.1 Å². The Morgan fingerprint density at radius 3 is 2.89 bits per heavy atom. The Morgan fingerprint density at radius 2 is 2.22 bits per heavy atom. The standard InChI is InChI=1S/C11H18N4O2S/c1-3-9-10(15(16)17)11(13(2)12-9)14-5-4-7-18-8-6-14/h3-8H2,1-2H3. The van der Waals surface area contributed by atoms with Gasteiger partial charge in [0.15, 0.2) is 0 Å². The highest BCUT2D eigenvalue weighted by Crippen LogP contribution is 2.32. The fourth-order valence-electron chi connectivity index (χ4n) is 2.30. The first-order valence-electron chi connectivity index (χ1n) is 6.18. The number of anilines is 1. The minimum absolute atomic E-state index is 0.187. The van der Waals surface area contributed by atoms with E-state index in [4.69, 9.17) is 0 Å². The first-order valence-corrected chi connectivity index (χ1v) is 7.33. The highest BCUT2D eigenvalue weighted by atomic mass is 32.2. The Balaban J connectivity index is 2.41. The Morgan fingerprint density at radius 1 is 1.44 bits per heavy atom. The van der Waals surface area contributed by atoms with Crippen LogP contribution in [0.5, 0.6) is 0 Å². The van der Waals surface area contributed by atoms with Gasteiger partial charge in [-0.1, -0.05) is 6.92 Å². The highest BCUT2D eigenvalue weighted by molar-refractivity contribution is 7.99. The van der Waals surface area contributed by atoms with Crippen molar-refractivity contribution in [3.8, 4) is 0 Å². The van der Waals surface area contributed by atoms with Crippen LogP contribution in [0.4, 0.5) is 11.5 Å². The van der Waals surface area contributed by atoms with Crippen LogP contribution in [0.3, 0.4) is 0 Å². The second-order valence-electron chi connectivity index (χ2n) is 4.31. The van der Waals surface area contributed by atoms with Crippen LogP contribution in [-0.2, 0) is 13.5 Å². The number of nitrogens with zero attached hydrogens (tertiary/aromatic N) is 4. The number of rotatable bonds is 3. The van der Waals surface area contributed by atoms with Crippen molar-refractivity contribution in [3.05, 3.63) is 15.8 Å². The van der Waals surface area contributed by atoms with Crippen molar-refractivity contribution in [1.29, 1.82) is 0 Å². The molecule has 0 unspecified atom stereocenters. The average molecular weight is 270 g/mol. The van der Waals surface area contributed by atoms with Gasteiger partial charge >= 0.3 is 5.69 Å². The van der Waals surface area contributed by atoms with E-state index in [1.165, 1.54) is 0 Å². The summed E-state index contributed by atoms with van der Waals surface area (Å²) in [7, 11) is 1.79. The molecule has 18 heavy (non-hydrogen) atoms. The second kappa shape index (κ2) is 5.60. The van der Waals surface area contributed by atoms with Crippen molar-refractivity contribution >= 4 is 23.3 Å². The third-order valence-electron chi connectivity index (χ3n) is 3.10. The molecule has 6 nitrogen and oxygen atoms in total. The molecule has 100 valence electrons. The predicted molar refractivity (Wildman–Crippen MR) is 73.4 cm³/mol. The van der Waals surface area contributed by atoms with E-state index in [0.29, 0.717) is 17.9 Å². The summed E-state index contributed by atoms with van der Waals surface area (Å²) >= 11 is 1.91. The molecule has 1 aliphatic rings. The van der Waals surface area contributed by atoms with E-state index in [0.717, 1.165) is 31.0 Å². The van der Waals surface area contributed by atoms with Gasteiger partial charge in [0, 0.05) is 25.9 Å². The lowest BCUT2D eigenvalue weighted by Crippen LogP contribution is -2.28. The number of thioether (sulfide) groups is 1. The summed E-state index contributed by atoms with van der Waals surface area (Å²) < 4.78 is 1.66. The lowest BCUT2D eigenvalue weighted by atomic mass is 10.2. The molecule has 1 aliphatic heterocycles. The van der Waals surface area contributed by atoms with Crippen molar-refractivity contribution in [2.45, 2.75) is 19.8 Å². The summed E-state index contributed by atoms with van der Waals surface area (Å²) in [6.07, 6.45) is 1.65. The summed E-state index contributed by atoms with van der Waals surface area (Å²) in [5.74, 6) is 2.81. The Labute approximate surface area is 110 Å². The molecule has 1 aromatic rings. The normalized spacial score (nSPS) is 16.7. The zero-order valence-corrected chi connectivity index (χ0v) is 11.6. The van der Waals surface area contributed by atoms with E-state index < -0.39 is 0 Å². The van der Waals surface area contributed by atoms with Gasteiger partial charge in [0.25, 0.3) is 0 Å². The predicted octanol–water partition coefficient (Wildman–Crippen LogP) is 1.83. The molecule has 1 fully saturated rings. The van der Waals surface area contributed by atoms with Crippen molar-refractivity contribution in [2.24, 2.45) is 7.05 Å². The molecule has 0 bridgehead atoms. The van der Waals surface area contributed by atoms with E-state index in [1.54, 1.807) is 11.7 Å². The summed E-state index contributed by atoms with van der Waals surface area (Å²) in [5, 5.41) is 15.5. The van der Waals surface area contributed by atoms with Crippen molar-refractivity contribution in [3.63, 3.8) is 0 Å². The molecule has 1 saturated heterocycles. The quantitative estimate of drug-likeness (QED) is 0.619. The van der Waals surface area contributed by atoms with Crippen LogP contribution in [0.15, 0.2) is 0 Å². The summed E-state index contributed by atoms with van der Waals surface area (Å²) in [6.45, 7) is 3.63. The largest absolute Gasteiger partial charge is 0.350 e. The van der Waals surface area contributed by atoms with Gasteiger partial charge in [-0.15, -0.1) is 0 Å². The van der Waals surface area contributed by atoms with Crippen LogP contribution in [0.25, 0.3) is 0 Å². The van der Waals surface area contributed by atoms with Gasteiger partial charge in [0.05, 0.1) is 4.92 Å². The first-order chi connectivity index (χ1) is 8.65. The van der Waals surface area contributed by atoms with Crippen LogP contribution in [0, 0.1) is 10.1 Å². The molecule has 0 spiro atoms. The highest BCUT2D eigenvalue weighted by Gasteiger charge is 2.29. The molecular weight excluding hydrogens is 252 g/mol. The maximum atomic E-state index is 11.3. The van der Waals surface area contributed by atoms with Crippen molar-refractivity contribution in [2.75, 3.05) is 29.5 Å². The van der Waals surface area contributed by atoms with Crippen LogP contribution < -0.4 is 4.90 Å². The SMILES string of the molecule is CCc1nn(C)c(N2CCCSCC2)c1[N+](=O)[O-]. The molecule has 0 aliphatic carbocycles. The van der Waals surface area contributed by atoms with Gasteiger partial charge < -0.3 is 4.90 Å².